The number of hydrogen-bond donors (Lipinski definition) is 2. The molecule has 0 radical (unpaired) electrons. The van der Waals surface area contributed by atoms with Crippen LogP contribution in [-0.4, -0.2) is 31.4 Å². The second-order valence-electron chi connectivity index (χ2n) is 8.78. The third kappa shape index (κ3) is 6.91. The van der Waals surface area contributed by atoms with Crippen LogP contribution in [0.25, 0.3) is 0 Å². The van der Waals surface area contributed by atoms with Crippen molar-refractivity contribution < 1.29 is 17.9 Å². The zero-order valence-corrected chi connectivity index (χ0v) is 22.8. The molecule has 1 fully saturated rings. The molecule has 1 amide bonds. The molecule has 1 aliphatic carbocycles. The number of halogens is 1. The van der Waals surface area contributed by atoms with E-state index in [0.717, 1.165) is 34.2 Å². The fourth-order valence-electron chi connectivity index (χ4n) is 4.21. The van der Waals surface area contributed by atoms with Gasteiger partial charge < -0.3 is 10.1 Å². The van der Waals surface area contributed by atoms with Gasteiger partial charge in [-0.05, 0) is 74.2 Å². The second kappa shape index (κ2) is 11.2. The van der Waals surface area contributed by atoms with Crippen LogP contribution in [0.15, 0.2) is 57.2 Å². The van der Waals surface area contributed by atoms with E-state index in [2.05, 4.69) is 37.0 Å². The van der Waals surface area contributed by atoms with Gasteiger partial charge in [-0.2, -0.15) is 0 Å². The third-order valence-electron chi connectivity index (χ3n) is 5.85. The monoisotopic (exact) mass is 577 g/mol. The van der Waals surface area contributed by atoms with Gasteiger partial charge in [-0.1, -0.05) is 34.8 Å². The van der Waals surface area contributed by atoms with Crippen molar-refractivity contribution in [2.45, 2.75) is 63.1 Å². The molecule has 7 nitrogen and oxygen atoms in total. The molecule has 10 heteroatoms. The quantitative estimate of drug-likeness (QED) is 0.387. The summed E-state index contributed by atoms with van der Waals surface area (Å²) in [6.07, 6.45) is 3.18. The Kier molecular flexibility index (Phi) is 8.26. The lowest BCUT2D eigenvalue weighted by Crippen LogP contribution is -2.53. The van der Waals surface area contributed by atoms with Gasteiger partial charge in [0.05, 0.1) is 4.90 Å². The number of carbonyl (C=O) groups is 1. The van der Waals surface area contributed by atoms with Crippen molar-refractivity contribution in [3.8, 4) is 5.75 Å². The highest BCUT2D eigenvalue weighted by Crippen LogP contribution is 2.23. The summed E-state index contributed by atoms with van der Waals surface area (Å²) in [6.45, 7) is 4.31. The smallest absolute Gasteiger partial charge is 0.271 e. The highest BCUT2D eigenvalue weighted by atomic mass is 79.9. The lowest BCUT2D eigenvalue weighted by atomic mass is 9.91. The summed E-state index contributed by atoms with van der Waals surface area (Å²) < 4.78 is 35.2. The number of thiazole rings is 1. The minimum atomic E-state index is -3.70. The van der Waals surface area contributed by atoms with E-state index in [9.17, 15) is 13.2 Å². The number of ether oxygens (including phenoxy) is 1. The van der Waals surface area contributed by atoms with Gasteiger partial charge in [-0.15, -0.1) is 11.3 Å². The first-order valence-corrected chi connectivity index (χ1v) is 14.6. The zero-order valence-electron chi connectivity index (χ0n) is 19.6. The molecular weight excluding hydrogens is 550 g/mol. The molecule has 1 aromatic heterocycles. The van der Waals surface area contributed by atoms with Crippen LogP contribution in [-0.2, 0) is 16.6 Å². The Morgan fingerprint density at radius 1 is 1.09 bits per heavy atom. The normalized spacial score (nSPS) is 18.3. The minimum Gasteiger partial charge on any atom is -0.486 e. The van der Waals surface area contributed by atoms with E-state index in [-0.39, 0.29) is 29.5 Å². The van der Waals surface area contributed by atoms with E-state index in [1.807, 2.05) is 26.0 Å². The van der Waals surface area contributed by atoms with Crippen LogP contribution in [0.1, 0.15) is 52.3 Å². The topological polar surface area (TPSA) is 97.4 Å². The number of hydrogen-bond acceptors (Lipinski definition) is 6. The van der Waals surface area contributed by atoms with Crippen LogP contribution in [0, 0.1) is 13.8 Å². The maximum Gasteiger partial charge on any atom is 0.271 e. The summed E-state index contributed by atoms with van der Waals surface area (Å²) in [7, 11) is -3.70. The summed E-state index contributed by atoms with van der Waals surface area (Å²) in [6, 6.07) is 11.8. The van der Waals surface area contributed by atoms with Crippen LogP contribution in [0.3, 0.4) is 0 Å². The number of aromatic nitrogens is 1. The van der Waals surface area contributed by atoms with Crippen LogP contribution < -0.4 is 14.8 Å². The average Bonchev–Trinajstić information content (AvgIpc) is 3.28. The van der Waals surface area contributed by atoms with Gasteiger partial charge in [0.25, 0.3) is 5.91 Å². The van der Waals surface area contributed by atoms with E-state index < -0.39 is 10.0 Å². The van der Waals surface area contributed by atoms with Crippen molar-refractivity contribution in [3.63, 3.8) is 0 Å². The molecule has 186 valence electrons. The van der Waals surface area contributed by atoms with Crippen molar-refractivity contribution in [1.29, 1.82) is 0 Å². The molecule has 0 aliphatic heterocycles. The molecule has 0 unspecified atom stereocenters. The predicted octanol–water partition coefficient (Wildman–Crippen LogP) is 5.12. The summed E-state index contributed by atoms with van der Waals surface area (Å²) in [5.41, 5.74) is 2.56. The van der Waals surface area contributed by atoms with Gasteiger partial charge in [0.1, 0.15) is 23.1 Å². The first-order valence-electron chi connectivity index (χ1n) is 11.4. The second-order valence-corrected chi connectivity index (χ2v) is 12.4. The number of nitrogens with one attached hydrogen (secondary N) is 2. The Morgan fingerprint density at radius 2 is 1.74 bits per heavy atom. The number of sulfonamides is 1. The van der Waals surface area contributed by atoms with Crippen LogP contribution >= 0.6 is 27.3 Å². The average molecular weight is 579 g/mol. The van der Waals surface area contributed by atoms with Crippen LogP contribution in [0.2, 0.25) is 0 Å². The first-order chi connectivity index (χ1) is 16.7. The Labute approximate surface area is 218 Å². The fourth-order valence-corrected chi connectivity index (χ4v) is 6.47. The highest BCUT2D eigenvalue weighted by Gasteiger charge is 2.31. The molecule has 1 heterocycles. The maximum absolute atomic E-state index is 12.9. The molecule has 2 N–H and O–H groups in total. The molecular formula is C25H28BrN3O4S2. The summed E-state index contributed by atoms with van der Waals surface area (Å²) in [5, 5.41) is 5.41. The summed E-state index contributed by atoms with van der Waals surface area (Å²) >= 11 is 4.69. The molecule has 1 aliphatic rings. The standard InChI is InChI=1S/C25H28BrN3O4S2/c1-16-11-17(2)13-19(12-16)33-14-24-27-23(15-34-24)25(30)28-21-5-3-4-6-22(21)29-35(31,32)20-9-7-18(26)8-10-20/h7-13,15,21-22,29H,3-6,14H2,1-2H3,(H,28,30)/t21-,22-/m1/s1. The number of amides is 1. The molecule has 4 rings (SSSR count). The minimum absolute atomic E-state index is 0.198. The molecule has 1 saturated carbocycles. The zero-order chi connectivity index (χ0) is 25.0. The molecule has 2 aromatic carbocycles. The van der Waals surface area contributed by atoms with Crippen molar-refractivity contribution in [2.75, 3.05) is 0 Å². The molecule has 0 spiro atoms. The lowest BCUT2D eigenvalue weighted by Gasteiger charge is -2.32. The Hall–Kier alpha value is -2.27. The van der Waals surface area contributed by atoms with E-state index in [1.165, 1.54) is 11.3 Å². The highest BCUT2D eigenvalue weighted by molar-refractivity contribution is 9.10. The Balaban J connectivity index is 1.38. The Bertz CT molecular complexity index is 1270. The molecule has 35 heavy (non-hydrogen) atoms. The van der Waals surface area contributed by atoms with E-state index in [4.69, 9.17) is 4.74 Å². The number of rotatable bonds is 8. The molecule has 0 bridgehead atoms. The lowest BCUT2D eigenvalue weighted by molar-refractivity contribution is 0.0914. The van der Waals surface area contributed by atoms with Gasteiger partial charge >= 0.3 is 0 Å². The molecule has 0 saturated heterocycles. The Morgan fingerprint density at radius 3 is 2.43 bits per heavy atom. The third-order valence-corrected chi connectivity index (χ3v) is 8.71. The van der Waals surface area contributed by atoms with Crippen molar-refractivity contribution in [3.05, 3.63) is 74.1 Å². The first kappa shape index (κ1) is 25.8. The molecule has 3 aromatic rings. The van der Waals surface area contributed by atoms with Crippen LogP contribution in [0.5, 0.6) is 5.75 Å². The van der Waals surface area contributed by atoms with E-state index in [0.29, 0.717) is 23.5 Å². The van der Waals surface area contributed by atoms with Gasteiger partial charge in [0.15, 0.2) is 0 Å². The van der Waals surface area contributed by atoms with Gasteiger partial charge in [0.2, 0.25) is 10.0 Å². The number of benzene rings is 2. The summed E-state index contributed by atoms with van der Waals surface area (Å²) in [4.78, 5) is 17.5. The number of aryl methyl sites for hydroxylation is 2. The van der Waals surface area contributed by atoms with E-state index >= 15 is 0 Å². The van der Waals surface area contributed by atoms with E-state index in [1.54, 1.807) is 29.6 Å². The van der Waals surface area contributed by atoms with Crippen LogP contribution in [0.4, 0.5) is 0 Å². The largest absolute Gasteiger partial charge is 0.486 e. The van der Waals surface area contributed by atoms with Crippen molar-refractivity contribution >= 4 is 43.2 Å². The number of carbonyl (C=O) groups excluding carboxylic acids is 1. The number of nitrogens with zero attached hydrogens (tertiary/aromatic N) is 1. The van der Waals surface area contributed by atoms with Crippen molar-refractivity contribution in [1.82, 2.24) is 15.0 Å². The van der Waals surface area contributed by atoms with Gasteiger partial charge in [0, 0.05) is 21.9 Å². The SMILES string of the molecule is Cc1cc(C)cc(OCc2nc(C(=O)N[C@@H]3CCCC[C@H]3NS(=O)(=O)c3ccc(Br)cc3)cs2)c1. The van der Waals surface area contributed by atoms with Gasteiger partial charge in [-0.25, -0.2) is 18.1 Å². The summed E-state index contributed by atoms with van der Waals surface area (Å²) in [5.74, 6) is 0.463. The van der Waals surface area contributed by atoms with Crippen molar-refractivity contribution in [2.24, 2.45) is 0 Å². The molecule has 2 atom stereocenters. The van der Waals surface area contributed by atoms with Gasteiger partial charge in [-0.3, -0.25) is 4.79 Å². The predicted molar refractivity (Wildman–Crippen MR) is 140 cm³/mol. The maximum atomic E-state index is 12.9. The fraction of sp³-hybridized carbons (Fsp3) is 0.360.